The van der Waals surface area contributed by atoms with Gasteiger partial charge in [-0.1, -0.05) is 6.92 Å². The molecule has 7 heteroatoms. The van der Waals surface area contributed by atoms with Crippen LogP contribution in [-0.4, -0.2) is 47.0 Å². The molecule has 1 aliphatic rings. The first-order valence-corrected chi connectivity index (χ1v) is 7.70. The van der Waals surface area contributed by atoms with Crippen LogP contribution in [-0.2, 0) is 16.1 Å². The first-order valence-electron chi connectivity index (χ1n) is 7.70. The van der Waals surface area contributed by atoms with E-state index in [0.29, 0.717) is 13.0 Å². The molecule has 0 aromatic carbocycles. The standard InChI is InChI=1S/C16H24N4O3/c1-6-16(4)14(21)20(15(22)18-16)17-10-13-9-11(2)19(12(13)3)7-8-23-5/h9-10H,6-8H2,1-5H3,(H,18,22)/b17-10+. The van der Waals surface area contributed by atoms with E-state index in [9.17, 15) is 9.59 Å². The predicted octanol–water partition coefficient (Wildman–Crippen LogP) is 1.81. The number of nitrogens with zero attached hydrogens (tertiary/aromatic N) is 3. The minimum atomic E-state index is -0.871. The van der Waals surface area contributed by atoms with Gasteiger partial charge in [0.1, 0.15) is 5.54 Å². The number of hydrazone groups is 1. The van der Waals surface area contributed by atoms with Crippen molar-refractivity contribution in [2.45, 2.75) is 46.2 Å². The Hall–Kier alpha value is -2.15. The van der Waals surface area contributed by atoms with Crippen molar-refractivity contribution in [3.63, 3.8) is 0 Å². The number of carbonyl (C=O) groups is 2. The third-order valence-corrected chi connectivity index (χ3v) is 4.39. The summed E-state index contributed by atoms with van der Waals surface area (Å²) in [5.41, 5.74) is 2.11. The summed E-state index contributed by atoms with van der Waals surface area (Å²) in [6, 6.07) is 1.50. The van der Waals surface area contributed by atoms with Crippen LogP contribution in [0.2, 0.25) is 0 Å². The van der Waals surface area contributed by atoms with Crippen LogP contribution in [0.5, 0.6) is 0 Å². The van der Waals surface area contributed by atoms with Gasteiger partial charge in [0.15, 0.2) is 0 Å². The summed E-state index contributed by atoms with van der Waals surface area (Å²) < 4.78 is 7.23. The van der Waals surface area contributed by atoms with Crippen molar-refractivity contribution in [3.8, 4) is 0 Å². The van der Waals surface area contributed by atoms with Crippen molar-refractivity contribution in [2.75, 3.05) is 13.7 Å². The van der Waals surface area contributed by atoms with Crippen molar-refractivity contribution < 1.29 is 14.3 Å². The van der Waals surface area contributed by atoms with Crippen LogP contribution in [0.3, 0.4) is 0 Å². The minimum Gasteiger partial charge on any atom is -0.383 e. The second-order valence-corrected chi connectivity index (χ2v) is 5.95. The van der Waals surface area contributed by atoms with Gasteiger partial charge < -0.3 is 14.6 Å². The van der Waals surface area contributed by atoms with Gasteiger partial charge in [-0.05, 0) is 33.3 Å². The van der Waals surface area contributed by atoms with Crippen LogP contribution in [0.1, 0.15) is 37.2 Å². The molecule has 0 radical (unpaired) electrons. The van der Waals surface area contributed by atoms with Gasteiger partial charge in [0.25, 0.3) is 5.91 Å². The fraction of sp³-hybridized carbons (Fsp3) is 0.562. The summed E-state index contributed by atoms with van der Waals surface area (Å²) in [7, 11) is 1.67. The maximum absolute atomic E-state index is 12.3. The molecule has 2 rings (SSSR count). The Morgan fingerprint density at radius 2 is 2.09 bits per heavy atom. The summed E-state index contributed by atoms with van der Waals surface area (Å²) in [5.74, 6) is -0.325. The molecule has 7 nitrogen and oxygen atoms in total. The zero-order valence-electron chi connectivity index (χ0n) is 14.3. The number of rotatable bonds is 6. The number of aromatic nitrogens is 1. The number of nitrogens with one attached hydrogen (secondary N) is 1. The maximum atomic E-state index is 12.3. The quantitative estimate of drug-likeness (QED) is 0.641. The average Bonchev–Trinajstić information content (AvgIpc) is 2.90. The molecule has 3 amide bonds. The lowest BCUT2D eigenvalue weighted by Gasteiger charge is -2.17. The normalized spacial score (nSPS) is 21.5. The van der Waals surface area contributed by atoms with Gasteiger partial charge in [0, 0.05) is 30.6 Å². The fourth-order valence-electron chi connectivity index (χ4n) is 2.62. The van der Waals surface area contributed by atoms with E-state index >= 15 is 0 Å². The van der Waals surface area contributed by atoms with Crippen LogP contribution < -0.4 is 5.32 Å². The highest BCUT2D eigenvalue weighted by Crippen LogP contribution is 2.21. The van der Waals surface area contributed by atoms with E-state index in [1.807, 2.05) is 26.8 Å². The molecular weight excluding hydrogens is 296 g/mol. The Labute approximate surface area is 136 Å². The number of methoxy groups -OCH3 is 1. The number of carbonyl (C=O) groups excluding carboxylic acids is 2. The topological polar surface area (TPSA) is 75.9 Å². The second-order valence-electron chi connectivity index (χ2n) is 5.95. The van der Waals surface area contributed by atoms with Crippen LogP contribution in [0.15, 0.2) is 11.2 Å². The van der Waals surface area contributed by atoms with Gasteiger partial charge >= 0.3 is 6.03 Å². The number of imide groups is 1. The lowest BCUT2D eigenvalue weighted by Crippen LogP contribution is -2.42. The predicted molar refractivity (Wildman–Crippen MR) is 87.4 cm³/mol. The Bertz CT molecular complexity index is 650. The molecule has 126 valence electrons. The Morgan fingerprint density at radius 3 is 2.65 bits per heavy atom. The molecule has 0 saturated carbocycles. The number of amides is 3. The molecule has 23 heavy (non-hydrogen) atoms. The van der Waals surface area contributed by atoms with Crippen molar-refractivity contribution in [1.29, 1.82) is 0 Å². The zero-order chi connectivity index (χ0) is 17.2. The third-order valence-electron chi connectivity index (χ3n) is 4.39. The molecule has 0 bridgehead atoms. The summed E-state index contributed by atoms with van der Waals surface area (Å²) in [6.07, 6.45) is 2.08. The zero-order valence-corrected chi connectivity index (χ0v) is 14.3. The second kappa shape index (κ2) is 6.54. The SMILES string of the molecule is CCC1(C)NC(=O)N(/N=C/c2cc(C)n(CCOC)c2C)C1=O. The lowest BCUT2D eigenvalue weighted by molar-refractivity contribution is -0.130. The van der Waals surface area contributed by atoms with Gasteiger partial charge in [-0.15, -0.1) is 5.01 Å². The number of hydrogen-bond donors (Lipinski definition) is 1. The Kier molecular flexibility index (Phi) is 4.89. The van der Waals surface area contributed by atoms with E-state index in [0.717, 1.165) is 28.5 Å². The monoisotopic (exact) mass is 320 g/mol. The van der Waals surface area contributed by atoms with Crippen molar-refractivity contribution in [1.82, 2.24) is 14.9 Å². The van der Waals surface area contributed by atoms with Crippen LogP contribution >= 0.6 is 0 Å². The van der Waals surface area contributed by atoms with Gasteiger partial charge in [0.05, 0.1) is 12.8 Å². The van der Waals surface area contributed by atoms with E-state index < -0.39 is 11.6 Å². The summed E-state index contributed by atoms with van der Waals surface area (Å²) in [6.45, 7) is 8.91. The van der Waals surface area contributed by atoms with Crippen molar-refractivity contribution in [3.05, 3.63) is 23.0 Å². The van der Waals surface area contributed by atoms with Gasteiger partial charge in [0.2, 0.25) is 0 Å². The molecular formula is C16H24N4O3. The molecule has 1 unspecified atom stereocenters. The number of ether oxygens (including phenoxy) is 1. The van der Waals surface area contributed by atoms with Crippen molar-refractivity contribution >= 4 is 18.2 Å². The number of hydrogen-bond acceptors (Lipinski definition) is 4. The minimum absolute atomic E-state index is 0.325. The van der Waals surface area contributed by atoms with Crippen LogP contribution in [0, 0.1) is 13.8 Å². The molecule has 1 aliphatic heterocycles. The number of urea groups is 1. The van der Waals surface area contributed by atoms with Crippen LogP contribution in [0.25, 0.3) is 0 Å². The first kappa shape index (κ1) is 17.2. The molecule has 1 fully saturated rings. The van der Waals surface area contributed by atoms with E-state index in [2.05, 4.69) is 15.0 Å². The van der Waals surface area contributed by atoms with Gasteiger partial charge in [-0.2, -0.15) is 5.10 Å². The van der Waals surface area contributed by atoms with E-state index in [-0.39, 0.29) is 5.91 Å². The summed E-state index contributed by atoms with van der Waals surface area (Å²) >= 11 is 0. The third kappa shape index (κ3) is 3.14. The molecule has 1 aromatic heterocycles. The van der Waals surface area contributed by atoms with Crippen LogP contribution in [0.4, 0.5) is 4.79 Å². The van der Waals surface area contributed by atoms with Gasteiger partial charge in [-0.25, -0.2) is 4.79 Å². The highest BCUT2D eigenvalue weighted by Gasteiger charge is 2.46. The maximum Gasteiger partial charge on any atom is 0.346 e. The summed E-state index contributed by atoms with van der Waals surface area (Å²) in [5, 5.41) is 7.68. The molecule has 1 saturated heterocycles. The largest absolute Gasteiger partial charge is 0.383 e. The molecule has 0 aliphatic carbocycles. The van der Waals surface area contributed by atoms with E-state index in [1.54, 1.807) is 20.2 Å². The molecule has 1 aromatic rings. The highest BCUT2D eigenvalue weighted by molar-refractivity contribution is 6.07. The lowest BCUT2D eigenvalue weighted by atomic mass is 10.00. The fourth-order valence-corrected chi connectivity index (χ4v) is 2.62. The molecule has 0 spiro atoms. The van der Waals surface area contributed by atoms with E-state index in [1.165, 1.54) is 0 Å². The number of aryl methyl sites for hydroxylation is 1. The summed E-state index contributed by atoms with van der Waals surface area (Å²) in [4.78, 5) is 24.2. The van der Waals surface area contributed by atoms with Crippen molar-refractivity contribution in [2.24, 2.45) is 5.10 Å². The van der Waals surface area contributed by atoms with E-state index in [4.69, 9.17) is 4.74 Å². The molecule has 2 heterocycles. The highest BCUT2D eigenvalue weighted by atomic mass is 16.5. The molecule has 1 N–H and O–H groups in total. The first-order chi connectivity index (χ1) is 10.8. The smallest absolute Gasteiger partial charge is 0.346 e. The average molecular weight is 320 g/mol. The Morgan fingerprint density at radius 1 is 1.39 bits per heavy atom. The molecule has 1 atom stereocenters. The Balaban J connectivity index is 2.21. The van der Waals surface area contributed by atoms with Gasteiger partial charge in [-0.3, -0.25) is 4.79 Å².